The van der Waals surface area contributed by atoms with Crippen LogP contribution < -0.4 is 10.2 Å². The smallest absolute Gasteiger partial charge is 0.227 e. The van der Waals surface area contributed by atoms with E-state index in [0.29, 0.717) is 12.8 Å². The molecule has 28 heavy (non-hydrogen) atoms. The van der Waals surface area contributed by atoms with Gasteiger partial charge in [-0.2, -0.15) is 0 Å². The van der Waals surface area contributed by atoms with Gasteiger partial charge in [-0.05, 0) is 38.7 Å². The Morgan fingerprint density at radius 3 is 2.50 bits per heavy atom. The van der Waals surface area contributed by atoms with E-state index in [1.54, 1.807) is 0 Å². The number of piperidine rings is 1. The highest BCUT2D eigenvalue weighted by atomic mass is 16.3. The second-order valence-corrected chi connectivity index (χ2v) is 8.29. The van der Waals surface area contributed by atoms with Crippen LogP contribution in [-0.4, -0.2) is 44.4 Å². The summed E-state index contributed by atoms with van der Waals surface area (Å²) in [6, 6.07) is 9.69. The van der Waals surface area contributed by atoms with Crippen LogP contribution in [0.4, 0.5) is 5.95 Å². The fourth-order valence-electron chi connectivity index (χ4n) is 4.50. The number of anilines is 1. The number of carbonyl (C=O) groups excluding carboxylic acids is 1. The van der Waals surface area contributed by atoms with E-state index in [-0.39, 0.29) is 11.4 Å². The Morgan fingerprint density at radius 1 is 1.18 bits per heavy atom. The molecule has 2 fully saturated rings. The SMILES string of the molecule is CCn1c(CC(C)(O)c2ccccc2)nnc1N1CCC2(CCC(=O)N2)CC1. The van der Waals surface area contributed by atoms with Gasteiger partial charge in [0.25, 0.3) is 0 Å². The molecule has 1 unspecified atom stereocenters. The zero-order valence-corrected chi connectivity index (χ0v) is 16.7. The van der Waals surface area contributed by atoms with E-state index in [2.05, 4.69) is 31.9 Å². The quantitative estimate of drug-likeness (QED) is 0.825. The molecular formula is C21H29N5O2. The number of rotatable bonds is 5. The molecule has 0 bridgehead atoms. The molecule has 1 amide bonds. The van der Waals surface area contributed by atoms with Gasteiger partial charge in [0.2, 0.25) is 11.9 Å². The van der Waals surface area contributed by atoms with Crippen LogP contribution in [0.15, 0.2) is 30.3 Å². The Labute approximate surface area is 165 Å². The second-order valence-electron chi connectivity index (χ2n) is 8.29. The minimum atomic E-state index is -1.00. The van der Waals surface area contributed by atoms with Crippen molar-refractivity contribution in [3.05, 3.63) is 41.7 Å². The van der Waals surface area contributed by atoms with Crippen LogP contribution in [0.5, 0.6) is 0 Å². The molecular weight excluding hydrogens is 354 g/mol. The van der Waals surface area contributed by atoms with E-state index in [1.165, 1.54) is 0 Å². The van der Waals surface area contributed by atoms with Crippen LogP contribution >= 0.6 is 0 Å². The number of hydrogen-bond donors (Lipinski definition) is 2. The highest BCUT2D eigenvalue weighted by Crippen LogP contribution is 2.33. The van der Waals surface area contributed by atoms with Crippen molar-refractivity contribution in [1.82, 2.24) is 20.1 Å². The molecule has 0 radical (unpaired) electrons. The van der Waals surface area contributed by atoms with E-state index in [1.807, 2.05) is 37.3 Å². The third kappa shape index (κ3) is 3.51. The normalized spacial score (nSPS) is 21.0. The summed E-state index contributed by atoms with van der Waals surface area (Å²) in [4.78, 5) is 13.9. The monoisotopic (exact) mass is 383 g/mol. The number of carbonyl (C=O) groups is 1. The number of hydrogen-bond acceptors (Lipinski definition) is 5. The van der Waals surface area contributed by atoms with Gasteiger partial charge in [0.05, 0.1) is 5.60 Å². The molecule has 1 spiro atoms. The van der Waals surface area contributed by atoms with Crippen LogP contribution in [0.3, 0.4) is 0 Å². The van der Waals surface area contributed by atoms with Gasteiger partial charge in [0, 0.05) is 38.0 Å². The molecule has 7 nitrogen and oxygen atoms in total. The summed E-state index contributed by atoms with van der Waals surface area (Å²) in [5, 5.41) is 23.1. The predicted octanol–water partition coefficient (Wildman–Crippen LogP) is 2.00. The van der Waals surface area contributed by atoms with Gasteiger partial charge >= 0.3 is 0 Å². The first-order chi connectivity index (χ1) is 13.4. The Kier molecular flexibility index (Phi) is 4.87. The van der Waals surface area contributed by atoms with E-state index in [4.69, 9.17) is 0 Å². The predicted molar refractivity (Wildman–Crippen MR) is 107 cm³/mol. The maximum Gasteiger partial charge on any atom is 0.227 e. The lowest BCUT2D eigenvalue weighted by atomic mass is 9.86. The van der Waals surface area contributed by atoms with Gasteiger partial charge in [-0.15, -0.1) is 10.2 Å². The fourth-order valence-corrected chi connectivity index (χ4v) is 4.50. The van der Waals surface area contributed by atoms with Gasteiger partial charge in [-0.1, -0.05) is 30.3 Å². The minimum Gasteiger partial charge on any atom is -0.385 e. The van der Waals surface area contributed by atoms with Gasteiger partial charge < -0.3 is 15.3 Å². The van der Waals surface area contributed by atoms with Gasteiger partial charge in [-0.3, -0.25) is 9.36 Å². The topological polar surface area (TPSA) is 83.3 Å². The number of aromatic nitrogens is 3. The summed E-state index contributed by atoms with van der Waals surface area (Å²) in [6.07, 6.45) is 3.86. The Bertz CT molecular complexity index is 838. The van der Waals surface area contributed by atoms with Crippen LogP contribution in [-0.2, 0) is 23.4 Å². The molecule has 1 aromatic carbocycles. The highest BCUT2D eigenvalue weighted by Gasteiger charge is 2.41. The van der Waals surface area contributed by atoms with Crippen molar-refractivity contribution in [3.8, 4) is 0 Å². The molecule has 150 valence electrons. The molecule has 7 heteroatoms. The van der Waals surface area contributed by atoms with Crippen LogP contribution in [0.2, 0.25) is 0 Å². The summed E-state index contributed by atoms with van der Waals surface area (Å²) in [6.45, 7) is 6.36. The van der Waals surface area contributed by atoms with Crippen molar-refractivity contribution in [2.24, 2.45) is 0 Å². The number of benzene rings is 1. The van der Waals surface area contributed by atoms with Gasteiger partial charge in [-0.25, -0.2) is 0 Å². The molecule has 2 aromatic rings. The number of amides is 1. The number of nitrogens with one attached hydrogen (secondary N) is 1. The fraction of sp³-hybridized carbons (Fsp3) is 0.571. The summed E-state index contributed by atoms with van der Waals surface area (Å²) in [5.74, 6) is 1.83. The largest absolute Gasteiger partial charge is 0.385 e. The van der Waals surface area contributed by atoms with Crippen LogP contribution in [0.25, 0.3) is 0 Å². The maximum absolute atomic E-state index is 11.6. The highest BCUT2D eigenvalue weighted by molar-refractivity contribution is 5.79. The summed E-state index contributed by atoms with van der Waals surface area (Å²) >= 11 is 0. The third-order valence-corrected chi connectivity index (χ3v) is 6.26. The summed E-state index contributed by atoms with van der Waals surface area (Å²) in [7, 11) is 0. The van der Waals surface area contributed by atoms with Crippen molar-refractivity contribution in [3.63, 3.8) is 0 Å². The number of nitrogens with zero attached hydrogens (tertiary/aromatic N) is 4. The molecule has 2 aliphatic heterocycles. The van der Waals surface area contributed by atoms with Crippen LogP contribution in [0, 0.1) is 0 Å². The van der Waals surface area contributed by atoms with E-state index >= 15 is 0 Å². The van der Waals surface area contributed by atoms with E-state index < -0.39 is 5.60 Å². The standard InChI is InChI=1S/C21H29N5O2/c1-3-26-17(15-20(2,28)16-7-5-4-6-8-16)23-24-19(26)25-13-11-21(12-14-25)10-9-18(27)22-21/h4-8,28H,3,9-15H2,1-2H3,(H,22,27). The molecule has 4 rings (SSSR count). The lowest BCUT2D eigenvalue weighted by Gasteiger charge is -2.39. The van der Waals surface area contributed by atoms with Gasteiger partial charge in [0.15, 0.2) is 0 Å². The average molecular weight is 383 g/mol. The molecule has 1 aromatic heterocycles. The van der Waals surface area contributed by atoms with Crippen molar-refractivity contribution in [2.75, 3.05) is 18.0 Å². The van der Waals surface area contributed by atoms with Crippen LogP contribution in [0.1, 0.15) is 50.9 Å². The van der Waals surface area contributed by atoms with E-state index in [0.717, 1.165) is 56.2 Å². The molecule has 0 aliphatic carbocycles. The first-order valence-electron chi connectivity index (χ1n) is 10.2. The first kappa shape index (κ1) is 18.9. The molecule has 3 heterocycles. The first-order valence-corrected chi connectivity index (χ1v) is 10.2. The lowest BCUT2D eigenvalue weighted by molar-refractivity contribution is -0.119. The maximum atomic E-state index is 11.6. The van der Waals surface area contributed by atoms with Gasteiger partial charge in [0.1, 0.15) is 5.82 Å². The average Bonchev–Trinajstić information content (AvgIpc) is 3.26. The Morgan fingerprint density at radius 2 is 1.89 bits per heavy atom. The molecule has 2 saturated heterocycles. The minimum absolute atomic E-state index is 0.0234. The van der Waals surface area contributed by atoms with Crippen molar-refractivity contribution in [2.45, 2.75) is 63.6 Å². The zero-order chi connectivity index (χ0) is 19.8. The third-order valence-electron chi connectivity index (χ3n) is 6.26. The summed E-state index contributed by atoms with van der Waals surface area (Å²) in [5.41, 5.74) is -0.151. The van der Waals surface area contributed by atoms with Crippen molar-refractivity contribution < 1.29 is 9.90 Å². The molecule has 0 saturated carbocycles. The lowest BCUT2D eigenvalue weighted by Crippen LogP contribution is -2.51. The second kappa shape index (κ2) is 7.20. The van der Waals surface area contributed by atoms with Crippen molar-refractivity contribution >= 4 is 11.9 Å². The van der Waals surface area contributed by atoms with Crippen molar-refractivity contribution in [1.29, 1.82) is 0 Å². The zero-order valence-electron chi connectivity index (χ0n) is 16.7. The Balaban J connectivity index is 1.50. The molecule has 2 aliphatic rings. The molecule has 1 atom stereocenters. The Hall–Kier alpha value is -2.41. The molecule has 2 N–H and O–H groups in total. The number of aliphatic hydroxyl groups is 1. The van der Waals surface area contributed by atoms with E-state index in [9.17, 15) is 9.90 Å². The summed E-state index contributed by atoms with van der Waals surface area (Å²) < 4.78 is 2.10.